The third-order valence-electron chi connectivity index (χ3n) is 12.4. The molecule has 0 fully saturated rings. The molecule has 0 spiro atoms. The van der Waals surface area contributed by atoms with Gasteiger partial charge in [-0.25, -0.2) is 0 Å². The number of ether oxygens (including phenoxy) is 3. The summed E-state index contributed by atoms with van der Waals surface area (Å²) < 4.78 is 16.8. The molecule has 0 rings (SSSR count). The van der Waals surface area contributed by atoms with E-state index >= 15 is 0 Å². The highest BCUT2D eigenvalue weighted by Gasteiger charge is 2.19. The molecule has 0 aliphatic carbocycles. The monoisotopic (exact) mass is 887 g/mol. The molecule has 0 aromatic heterocycles. The van der Waals surface area contributed by atoms with E-state index in [0.29, 0.717) is 19.3 Å². The van der Waals surface area contributed by atoms with Crippen LogP contribution in [-0.4, -0.2) is 37.2 Å². The van der Waals surface area contributed by atoms with Crippen LogP contribution >= 0.6 is 0 Å². The molecule has 370 valence electrons. The van der Waals surface area contributed by atoms with E-state index in [1.165, 1.54) is 199 Å². The standard InChI is InChI=1S/C57H106O6/c1-4-7-10-13-16-19-22-25-27-28-30-32-35-38-41-44-47-50-56(59)62-53-54(52-61-55(58)49-46-43-40-37-34-31-24-21-18-15-12-9-6-3)63-57(60)51-48-45-42-39-36-33-29-26-23-20-17-14-11-8-5-2/h21,24-25,27,54H,4-20,22-23,26,28-53H2,1-3H3/t54-/m1/s1. The van der Waals surface area contributed by atoms with Crippen molar-refractivity contribution in [1.82, 2.24) is 0 Å². The van der Waals surface area contributed by atoms with Gasteiger partial charge in [0.1, 0.15) is 13.2 Å². The van der Waals surface area contributed by atoms with Gasteiger partial charge in [-0.15, -0.1) is 0 Å². The number of hydrogen-bond acceptors (Lipinski definition) is 6. The van der Waals surface area contributed by atoms with Crippen LogP contribution in [0.1, 0.15) is 303 Å². The summed E-state index contributed by atoms with van der Waals surface area (Å²) in [6.45, 7) is 6.65. The first kappa shape index (κ1) is 60.9. The molecule has 6 heteroatoms. The van der Waals surface area contributed by atoms with E-state index in [0.717, 1.165) is 64.2 Å². The summed E-state index contributed by atoms with van der Waals surface area (Å²) in [6.07, 6.45) is 60.2. The van der Waals surface area contributed by atoms with Gasteiger partial charge in [0.15, 0.2) is 6.10 Å². The fourth-order valence-electron chi connectivity index (χ4n) is 8.20. The third kappa shape index (κ3) is 50.7. The first-order valence-electron chi connectivity index (χ1n) is 27.8. The fraction of sp³-hybridized carbons (Fsp3) is 0.877. The summed E-state index contributed by atoms with van der Waals surface area (Å²) in [6, 6.07) is 0. The summed E-state index contributed by atoms with van der Waals surface area (Å²) in [5.74, 6) is -0.868. The largest absolute Gasteiger partial charge is 0.462 e. The molecule has 0 heterocycles. The Labute approximate surface area is 392 Å². The molecule has 0 aliphatic rings. The zero-order valence-corrected chi connectivity index (χ0v) is 42.4. The van der Waals surface area contributed by atoms with Crippen molar-refractivity contribution in [3.63, 3.8) is 0 Å². The lowest BCUT2D eigenvalue weighted by Crippen LogP contribution is -2.30. The van der Waals surface area contributed by atoms with Gasteiger partial charge in [-0.05, 0) is 70.6 Å². The number of allylic oxidation sites excluding steroid dienone is 4. The number of unbranched alkanes of at least 4 members (excludes halogenated alkanes) is 36. The van der Waals surface area contributed by atoms with Crippen molar-refractivity contribution < 1.29 is 28.6 Å². The highest BCUT2D eigenvalue weighted by Crippen LogP contribution is 2.16. The minimum absolute atomic E-state index is 0.0721. The van der Waals surface area contributed by atoms with Crippen molar-refractivity contribution in [2.45, 2.75) is 309 Å². The van der Waals surface area contributed by atoms with Crippen LogP contribution in [-0.2, 0) is 28.6 Å². The van der Waals surface area contributed by atoms with Crippen molar-refractivity contribution in [1.29, 1.82) is 0 Å². The Balaban J connectivity index is 4.34. The van der Waals surface area contributed by atoms with Crippen LogP contribution in [0.15, 0.2) is 24.3 Å². The third-order valence-corrected chi connectivity index (χ3v) is 12.4. The maximum Gasteiger partial charge on any atom is 0.306 e. The molecule has 0 N–H and O–H groups in total. The van der Waals surface area contributed by atoms with Gasteiger partial charge >= 0.3 is 17.9 Å². The molecular weight excluding hydrogens is 781 g/mol. The molecule has 0 unspecified atom stereocenters. The second-order valence-corrected chi connectivity index (χ2v) is 18.8. The quantitative estimate of drug-likeness (QED) is 0.0262. The highest BCUT2D eigenvalue weighted by atomic mass is 16.6. The maximum atomic E-state index is 12.8. The summed E-state index contributed by atoms with van der Waals surface area (Å²) >= 11 is 0. The zero-order valence-electron chi connectivity index (χ0n) is 42.4. The van der Waals surface area contributed by atoms with Crippen molar-refractivity contribution in [3.8, 4) is 0 Å². The van der Waals surface area contributed by atoms with Crippen LogP contribution in [0.25, 0.3) is 0 Å². The van der Waals surface area contributed by atoms with Gasteiger partial charge in [0.2, 0.25) is 0 Å². The van der Waals surface area contributed by atoms with Crippen molar-refractivity contribution in [2.24, 2.45) is 0 Å². The topological polar surface area (TPSA) is 78.9 Å². The van der Waals surface area contributed by atoms with E-state index in [-0.39, 0.29) is 31.1 Å². The highest BCUT2D eigenvalue weighted by molar-refractivity contribution is 5.71. The van der Waals surface area contributed by atoms with Gasteiger partial charge in [-0.2, -0.15) is 0 Å². The van der Waals surface area contributed by atoms with Gasteiger partial charge in [-0.3, -0.25) is 14.4 Å². The molecule has 0 aromatic rings. The molecule has 63 heavy (non-hydrogen) atoms. The van der Waals surface area contributed by atoms with Gasteiger partial charge in [0, 0.05) is 19.3 Å². The molecule has 0 saturated carbocycles. The number of esters is 3. The minimum Gasteiger partial charge on any atom is -0.462 e. The Morgan fingerprint density at radius 1 is 0.302 bits per heavy atom. The Morgan fingerprint density at radius 3 is 0.810 bits per heavy atom. The van der Waals surface area contributed by atoms with E-state index < -0.39 is 6.10 Å². The molecule has 0 aliphatic heterocycles. The average Bonchev–Trinajstić information content (AvgIpc) is 3.28. The Hall–Kier alpha value is -2.11. The number of hydrogen-bond donors (Lipinski definition) is 0. The van der Waals surface area contributed by atoms with Crippen LogP contribution in [0.2, 0.25) is 0 Å². The minimum atomic E-state index is -0.771. The Bertz CT molecular complexity index is 1020. The second kappa shape index (κ2) is 52.5. The molecule has 1 atom stereocenters. The molecule has 0 bridgehead atoms. The molecule has 0 radical (unpaired) electrons. The van der Waals surface area contributed by atoms with Crippen molar-refractivity contribution >= 4 is 17.9 Å². The lowest BCUT2D eigenvalue weighted by atomic mass is 10.0. The van der Waals surface area contributed by atoms with E-state index in [1.54, 1.807) is 0 Å². The predicted octanol–water partition coefficient (Wildman–Crippen LogP) is 18.3. The zero-order chi connectivity index (χ0) is 45.8. The Kier molecular flexibility index (Phi) is 50.8. The van der Waals surface area contributed by atoms with Gasteiger partial charge in [-0.1, -0.05) is 238 Å². The summed E-state index contributed by atoms with van der Waals surface area (Å²) in [5.41, 5.74) is 0. The molecular formula is C57H106O6. The van der Waals surface area contributed by atoms with Gasteiger partial charge in [0.25, 0.3) is 0 Å². The number of carbonyl (C=O) groups is 3. The summed E-state index contributed by atoms with van der Waals surface area (Å²) in [5, 5.41) is 0. The smallest absolute Gasteiger partial charge is 0.306 e. The van der Waals surface area contributed by atoms with Crippen LogP contribution in [0.4, 0.5) is 0 Å². The molecule has 0 amide bonds. The first-order valence-corrected chi connectivity index (χ1v) is 27.8. The van der Waals surface area contributed by atoms with Gasteiger partial charge in [0.05, 0.1) is 0 Å². The van der Waals surface area contributed by atoms with Crippen molar-refractivity contribution in [3.05, 3.63) is 24.3 Å². The molecule has 0 saturated heterocycles. The number of rotatable bonds is 51. The summed E-state index contributed by atoms with van der Waals surface area (Å²) in [7, 11) is 0. The summed E-state index contributed by atoms with van der Waals surface area (Å²) in [4.78, 5) is 38.1. The van der Waals surface area contributed by atoms with E-state index in [2.05, 4.69) is 45.1 Å². The average molecular weight is 887 g/mol. The van der Waals surface area contributed by atoms with E-state index in [4.69, 9.17) is 14.2 Å². The SMILES string of the molecule is CCCCCCC=CCCCCCCCC(=O)OC[C@H](COC(=O)CCCCCCCCCC=CCCCCCCCC)OC(=O)CCCCCCCCCCCCCCCCC. The maximum absolute atomic E-state index is 12.8. The van der Waals surface area contributed by atoms with E-state index in [9.17, 15) is 14.4 Å². The van der Waals surface area contributed by atoms with Crippen LogP contribution in [0, 0.1) is 0 Å². The second-order valence-electron chi connectivity index (χ2n) is 18.8. The predicted molar refractivity (Wildman–Crippen MR) is 270 cm³/mol. The van der Waals surface area contributed by atoms with Crippen molar-refractivity contribution in [2.75, 3.05) is 13.2 Å². The molecule has 0 aromatic carbocycles. The first-order chi connectivity index (χ1) is 31.0. The number of carbonyl (C=O) groups excluding carboxylic acids is 3. The lowest BCUT2D eigenvalue weighted by molar-refractivity contribution is -0.167. The van der Waals surface area contributed by atoms with Crippen LogP contribution in [0.5, 0.6) is 0 Å². The lowest BCUT2D eigenvalue weighted by Gasteiger charge is -2.18. The van der Waals surface area contributed by atoms with E-state index in [1.807, 2.05) is 0 Å². The van der Waals surface area contributed by atoms with Gasteiger partial charge < -0.3 is 14.2 Å². The fourth-order valence-corrected chi connectivity index (χ4v) is 8.20. The normalized spacial score (nSPS) is 12.1. The Morgan fingerprint density at radius 2 is 0.524 bits per heavy atom. The van der Waals surface area contributed by atoms with Crippen LogP contribution in [0.3, 0.4) is 0 Å². The molecule has 6 nitrogen and oxygen atoms in total. The van der Waals surface area contributed by atoms with Crippen LogP contribution < -0.4 is 0 Å².